The van der Waals surface area contributed by atoms with Crippen LogP contribution in [-0.4, -0.2) is 9.59 Å². The molecule has 0 amide bonds. The third-order valence-corrected chi connectivity index (χ3v) is 4.80. The first-order valence-electron chi connectivity index (χ1n) is 6.68. The number of nitrogens with one attached hydrogen (secondary N) is 1. The molecule has 2 atom stereocenters. The molecule has 0 bridgehead atoms. The Morgan fingerprint density at radius 1 is 1.47 bits per heavy atom. The van der Waals surface area contributed by atoms with E-state index in [-0.39, 0.29) is 6.04 Å². The lowest BCUT2D eigenvalue weighted by Crippen LogP contribution is -2.31. The van der Waals surface area contributed by atoms with Crippen LogP contribution in [0, 0.1) is 0 Å². The van der Waals surface area contributed by atoms with E-state index >= 15 is 0 Å². The summed E-state index contributed by atoms with van der Waals surface area (Å²) >= 11 is 1.46. The van der Waals surface area contributed by atoms with Gasteiger partial charge in [0.1, 0.15) is 0 Å². The Bertz CT molecular complexity index is 566. The number of hydrogen-bond donors (Lipinski definition) is 2. The van der Waals surface area contributed by atoms with E-state index in [9.17, 15) is 0 Å². The van der Waals surface area contributed by atoms with Crippen LogP contribution in [0.25, 0.3) is 0 Å². The van der Waals surface area contributed by atoms with Gasteiger partial charge in [-0.3, -0.25) is 11.3 Å². The normalized spacial score (nSPS) is 18.7. The number of rotatable bonds is 5. The van der Waals surface area contributed by atoms with Crippen molar-refractivity contribution in [1.29, 1.82) is 0 Å². The molecule has 0 aliphatic heterocycles. The van der Waals surface area contributed by atoms with Gasteiger partial charge in [-0.15, -0.1) is 5.10 Å². The Morgan fingerprint density at radius 2 is 2.32 bits per heavy atom. The van der Waals surface area contributed by atoms with Crippen LogP contribution >= 0.6 is 11.5 Å². The fourth-order valence-electron chi connectivity index (χ4n) is 2.83. The zero-order chi connectivity index (χ0) is 13.2. The van der Waals surface area contributed by atoms with Crippen LogP contribution in [0.4, 0.5) is 0 Å². The SMILES string of the molecule is CCc1nnsc1C(CC1Cc2ccccc21)NN. The molecule has 2 aromatic rings. The van der Waals surface area contributed by atoms with Crippen molar-refractivity contribution in [2.45, 2.75) is 38.1 Å². The summed E-state index contributed by atoms with van der Waals surface area (Å²) in [6.45, 7) is 2.10. The van der Waals surface area contributed by atoms with Gasteiger partial charge in [0.05, 0.1) is 16.6 Å². The van der Waals surface area contributed by atoms with Gasteiger partial charge in [-0.05, 0) is 47.8 Å². The second-order valence-electron chi connectivity index (χ2n) is 4.99. The summed E-state index contributed by atoms with van der Waals surface area (Å²) in [6.07, 6.45) is 3.08. The van der Waals surface area contributed by atoms with E-state index in [2.05, 4.69) is 46.2 Å². The van der Waals surface area contributed by atoms with Crippen LogP contribution in [0.5, 0.6) is 0 Å². The second-order valence-corrected chi connectivity index (χ2v) is 5.78. The van der Waals surface area contributed by atoms with Crippen molar-refractivity contribution in [3.8, 4) is 0 Å². The molecule has 5 heteroatoms. The number of benzene rings is 1. The summed E-state index contributed by atoms with van der Waals surface area (Å²) in [6, 6.07) is 8.82. The highest BCUT2D eigenvalue weighted by atomic mass is 32.1. The van der Waals surface area contributed by atoms with Crippen LogP contribution in [0.1, 0.15) is 47.0 Å². The molecule has 0 spiro atoms. The molecule has 0 fully saturated rings. The van der Waals surface area contributed by atoms with Crippen molar-refractivity contribution < 1.29 is 0 Å². The first-order chi connectivity index (χ1) is 9.33. The van der Waals surface area contributed by atoms with Crippen LogP contribution in [0.3, 0.4) is 0 Å². The first-order valence-corrected chi connectivity index (χ1v) is 7.45. The predicted molar refractivity (Wildman–Crippen MR) is 76.9 cm³/mol. The Balaban J connectivity index is 1.76. The fourth-order valence-corrected chi connectivity index (χ4v) is 3.64. The van der Waals surface area contributed by atoms with E-state index in [1.54, 1.807) is 0 Å². The molecule has 1 aliphatic carbocycles. The highest BCUT2D eigenvalue weighted by Crippen LogP contribution is 2.41. The van der Waals surface area contributed by atoms with Gasteiger partial charge in [0.15, 0.2) is 0 Å². The standard InChI is InChI=1S/C14H18N4S/c1-2-12-14(19-18-17-12)13(16-15)8-10-7-9-5-3-4-6-11(9)10/h3-6,10,13,16H,2,7-8,15H2,1H3. The summed E-state index contributed by atoms with van der Waals surface area (Å²) < 4.78 is 4.05. The monoisotopic (exact) mass is 274 g/mol. The number of nitrogens with two attached hydrogens (primary N) is 1. The van der Waals surface area contributed by atoms with Crippen molar-refractivity contribution in [2.75, 3.05) is 0 Å². The molecule has 1 aromatic heterocycles. The molecule has 1 aromatic carbocycles. The minimum absolute atomic E-state index is 0.160. The molecular formula is C14H18N4S. The lowest BCUT2D eigenvalue weighted by atomic mass is 9.74. The van der Waals surface area contributed by atoms with Gasteiger partial charge in [0.25, 0.3) is 0 Å². The maximum absolute atomic E-state index is 5.74. The number of hydrazine groups is 1. The van der Waals surface area contributed by atoms with E-state index in [1.165, 1.54) is 27.5 Å². The maximum Gasteiger partial charge on any atom is 0.0801 e. The maximum atomic E-state index is 5.74. The second kappa shape index (κ2) is 5.36. The van der Waals surface area contributed by atoms with Gasteiger partial charge in [0.2, 0.25) is 0 Å². The van der Waals surface area contributed by atoms with Crippen molar-refractivity contribution in [3.63, 3.8) is 0 Å². The highest BCUT2D eigenvalue weighted by Gasteiger charge is 2.29. The Labute approximate surface area is 117 Å². The number of hydrogen-bond acceptors (Lipinski definition) is 5. The number of aryl methyl sites for hydroxylation is 1. The summed E-state index contributed by atoms with van der Waals surface area (Å²) in [4.78, 5) is 1.19. The molecule has 0 radical (unpaired) electrons. The van der Waals surface area contributed by atoms with Crippen LogP contribution in [-0.2, 0) is 12.8 Å². The van der Waals surface area contributed by atoms with Gasteiger partial charge < -0.3 is 0 Å². The molecule has 3 N–H and O–H groups in total. The molecule has 0 saturated heterocycles. The largest absolute Gasteiger partial charge is 0.271 e. The number of fused-ring (bicyclic) bond motifs is 1. The van der Waals surface area contributed by atoms with Gasteiger partial charge in [0, 0.05) is 0 Å². The molecule has 19 heavy (non-hydrogen) atoms. The van der Waals surface area contributed by atoms with Gasteiger partial charge in [-0.1, -0.05) is 35.7 Å². The van der Waals surface area contributed by atoms with Gasteiger partial charge in [-0.2, -0.15) is 0 Å². The predicted octanol–water partition coefficient (Wildman–Crippen LogP) is 2.33. The average Bonchev–Trinajstić information content (AvgIpc) is 2.88. The van der Waals surface area contributed by atoms with E-state index in [0.29, 0.717) is 5.92 Å². The molecule has 100 valence electrons. The molecule has 4 nitrogen and oxygen atoms in total. The topological polar surface area (TPSA) is 63.8 Å². The Hall–Kier alpha value is -1.30. The van der Waals surface area contributed by atoms with Crippen molar-refractivity contribution in [1.82, 2.24) is 15.0 Å². The number of nitrogens with zero attached hydrogens (tertiary/aromatic N) is 2. The van der Waals surface area contributed by atoms with E-state index in [0.717, 1.165) is 25.0 Å². The van der Waals surface area contributed by atoms with Crippen molar-refractivity contribution in [3.05, 3.63) is 46.0 Å². The van der Waals surface area contributed by atoms with E-state index in [4.69, 9.17) is 5.84 Å². The summed E-state index contributed by atoms with van der Waals surface area (Å²) in [5.74, 6) is 6.34. The highest BCUT2D eigenvalue weighted by molar-refractivity contribution is 7.05. The minimum atomic E-state index is 0.160. The molecule has 0 saturated carbocycles. The molecule has 2 unspecified atom stereocenters. The summed E-state index contributed by atoms with van der Waals surface area (Å²) in [7, 11) is 0. The first kappa shape index (κ1) is 12.7. The third-order valence-electron chi connectivity index (χ3n) is 3.92. The Kier molecular flexibility index (Phi) is 3.59. The van der Waals surface area contributed by atoms with Crippen LogP contribution < -0.4 is 11.3 Å². The van der Waals surface area contributed by atoms with Gasteiger partial charge in [-0.25, -0.2) is 0 Å². The van der Waals surface area contributed by atoms with E-state index in [1.807, 2.05) is 0 Å². The van der Waals surface area contributed by atoms with Crippen molar-refractivity contribution in [2.24, 2.45) is 5.84 Å². The number of aromatic nitrogens is 2. The quantitative estimate of drug-likeness (QED) is 0.649. The third kappa shape index (κ3) is 2.29. The summed E-state index contributed by atoms with van der Waals surface area (Å²) in [5, 5.41) is 4.17. The average molecular weight is 274 g/mol. The summed E-state index contributed by atoms with van der Waals surface area (Å²) in [5.41, 5.74) is 6.95. The zero-order valence-corrected chi connectivity index (χ0v) is 11.8. The van der Waals surface area contributed by atoms with Crippen LogP contribution in [0.2, 0.25) is 0 Å². The molecule has 1 heterocycles. The van der Waals surface area contributed by atoms with Crippen molar-refractivity contribution >= 4 is 11.5 Å². The molecule has 1 aliphatic rings. The molecule has 3 rings (SSSR count). The van der Waals surface area contributed by atoms with E-state index < -0.39 is 0 Å². The smallest absolute Gasteiger partial charge is 0.0801 e. The van der Waals surface area contributed by atoms with Gasteiger partial charge >= 0.3 is 0 Å². The lowest BCUT2D eigenvalue weighted by molar-refractivity contribution is 0.438. The Morgan fingerprint density at radius 3 is 3.05 bits per heavy atom. The molecular weight excluding hydrogens is 256 g/mol. The lowest BCUT2D eigenvalue weighted by Gasteiger charge is -2.32. The minimum Gasteiger partial charge on any atom is -0.271 e. The fraction of sp³-hybridized carbons (Fsp3) is 0.429. The zero-order valence-electron chi connectivity index (χ0n) is 11.0. The van der Waals surface area contributed by atoms with Crippen LogP contribution in [0.15, 0.2) is 24.3 Å².